The van der Waals surface area contributed by atoms with Crippen LogP contribution in [0.5, 0.6) is 0 Å². The van der Waals surface area contributed by atoms with Gasteiger partial charge in [-0.2, -0.15) is 5.10 Å². The van der Waals surface area contributed by atoms with E-state index in [1.54, 1.807) is 6.20 Å². The summed E-state index contributed by atoms with van der Waals surface area (Å²) in [5.74, 6) is 0.982. The Balaban J connectivity index is 1.60. The Morgan fingerprint density at radius 2 is 2.24 bits per heavy atom. The lowest BCUT2D eigenvalue weighted by Crippen LogP contribution is -2.39. The number of rotatable bonds is 5. The van der Waals surface area contributed by atoms with Crippen LogP contribution in [0.4, 0.5) is 5.82 Å². The first-order valence-electron chi connectivity index (χ1n) is 7.52. The number of hydrogen-bond donors (Lipinski definition) is 1. The summed E-state index contributed by atoms with van der Waals surface area (Å²) in [5.41, 5.74) is 1.22. The van der Waals surface area contributed by atoms with Gasteiger partial charge < -0.3 is 10.2 Å². The van der Waals surface area contributed by atoms with E-state index in [1.807, 2.05) is 30.6 Å². The van der Waals surface area contributed by atoms with Gasteiger partial charge in [0.15, 0.2) is 5.82 Å². The van der Waals surface area contributed by atoms with Gasteiger partial charge >= 0.3 is 0 Å². The quantitative estimate of drug-likeness (QED) is 0.911. The molecule has 0 amide bonds. The molecule has 0 aromatic carbocycles. The Morgan fingerprint density at radius 3 is 3.00 bits per heavy atom. The molecule has 3 rings (SSSR count). The van der Waals surface area contributed by atoms with Crippen molar-refractivity contribution in [2.24, 2.45) is 0 Å². The molecule has 1 saturated heterocycles. The Morgan fingerprint density at radius 1 is 1.33 bits per heavy atom. The molecule has 0 radical (unpaired) electrons. The molecule has 0 spiro atoms. The van der Waals surface area contributed by atoms with E-state index >= 15 is 0 Å². The summed E-state index contributed by atoms with van der Waals surface area (Å²) < 4.78 is 0. The molecular weight excluding hydrogens is 262 g/mol. The summed E-state index contributed by atoms with van der Waals surface area (Å²) in [5, 5.41) is 11.8. The zero-order valence-electron chi connectivity index (χ0n) is 12.3. The van der Waals surface area contributed by atoms with Crippen molar-refractivity contribution < 1.29 is 0 Å². The topological polar surface area (TPSA) is 53.9 Å². The molecule has 0 unspecified atom stereocenters. The van der Waals surface area contributed by atoms with Crippen LogP contribution >= 0.6 is 0 Å². The fourth-order valence-electron chi connectivity index (χ4n) is 2.86. The van der Waals surface area contributed by atoms with Gasteiger partial charge in [0.1, 0.15) is 0 Å². The molecule has 2 aromatic heterocycles. The van der Waals surface area contributed by atoms with E-state index in [9.17, 15) is 0 Å². The second-order valence-corrected chi connectivity index (χ2v) is 5.49. The number of aromatic nitrogens is 3. The predicted molar refractivity (Wildman–Crippen MR) is 83.1 cm³/mol. The van der Waals surface area contributed by atoms with Crippen LogP contribution in [-0.2, 0) is 0 Å². The fraction of sp³-hybridized carbons (Fsp3) is 0.438. The Hall–Kier alpha value is -2.01. The van der Waals surface area contributed by atoms with Gasteiger partial charge in [0, 0.05) is 43.8 Å². The molecule has 21 heavy (non-hydrogen) atoms. The van der Waals surface area contributed by atoms with Gasteiger partial charge in [-0.1, -0.05) is 6.07 Å². The first-order chi connectivity index (χ1) is 10.3. The van der Waals surface area contributed by atoms with Gasteiger partial charge in [-0.3, -0.25) is 4.98 Å². The highest BCUT2D eigenvalue weighted by Gasteiger charge is 2.25. The standard InChI is InChI=1S/C16H21N5/c1-13(14-5-2-8-17-11-14)18-12-15-6-4-10-21(15)16-7-3-9-19-20-16/h2-3,5,7-9,11,13,15,18H,4,6,10,12H2,1H3/t13-,15+/m1/s1. The summed E-state index contributed by atoms with van der Waals surface area (Å²) in [6.07, 6.45) is 7.86. The van der Waals surface area contributed by atoms with Crippen LogP contribution in [0, 0.1) is 0 Å². The Bertz CT molecular complexity index is 545. The molecule has 0 bridgehead atoms. The lowest BCUT2D eigenvalue weighted by molar-refractivity contribution is 0.512. The van der Waals surface area contributed by atoms with Crippen molar-refractivity contribution in [1.29, 1.82) is 0 Å². The molecule has 110 valence electrons. The van der Waals surface area contributed by atoms with E-state index in [-0.39, 0.29) is 0 Å². The van der Waals surface area contributed by atoms with Crippen molar-refractivity contribution in [3.63, 3.8) is 0 Å². The minimum absolute atomic E-state index is 0.308. The molecule has 1 aliphatic rings. The third-order valence-electron chi connectivity index (χ3n) is 4.07. The smallest absolute Gasteiger partial charge is 0.151 e. The number of nitrogens with zero attached hydrogens (tertiary/aromatic N) is 4. The van der Waals surface area contributed by atoms with Crippen molar-refractivity contribution in [2.75, 3.05) is 18.0 Å². The first kappa shape index (κ1) is 13.9. The summed E-state index contributed by atoms with van der Waals surface area (Å²) in [7, 11) is 0. The highest BCUT2D eigenvalue weighted by Crippen LogP contribution is 2.23. The normalized spacial score (nSPS) is 19.7. The number of anilines is 1. The molecule has 1 fully saturated rings. The molecule has 1 N–H and O–H groups in total. The van der Waals surface area contributed by atoms with E-state index in [1.165, 1.54) is 18.4 Å². The van der Waals surface area contributed by atoms with Gasteiger partial charge in [0.25, 0.3) is 0 Å². The van der Waals surface area contributed by atoms with Gasteiger partial charge in [-0.15, -0.1) is 5.10 Å². The maximum atomic E-state index is 4.23. The second kappa shape index (κ2) is 6.63. The number of nitrogens with one attached hydrogen (secondary N) is 1. The predicted octanol–water partition coefficient (Wildman–Crippen LogP) is 2.19. The van der Waals surface area contributed by atoms with Crippen LogP contribution in [-0.4, -0.2) is 34.3 Å². The molecule has 0 saturated carbocycles. The second-order valence-electron chi connectivity index (χ2n) is 5.49. The van der Waals surface area contributed by atoms with Crippen molar-refractivity contribution in [3.8, 4) is 0 Å². The summed E-state index contributed by atoms with van der Waals surface area (Å²) in [6, 6.07) is 8.87. The van der Waals surface area contributed by atoms with Gasteiger partial charge in [-0.05, 0) is 43.5 Å². The summed E-state index contributed by atoms with van der Waals surface area (Å²) in [6.45, 7) is 4.19. The van der Waals surface area contributed by atoms with Crippen LogP contribution in [0.15, 0.2) is 42.9 Å². The molecular formula is C16H21N5. The molecule has 5 heteroatoms. The zero-order chi connectivity index (χ0) is 14.5. The third-order valence-corrected chi connectivity index (χ3v) is 4.07. The van der Waals surface area contributed by atoms with Crippen LogP contribution in [0.1, 0.15) is 31.4 Å². The summed E-state index contributed by atoms with van der Waals surface area (Å²) >= 11 is 0. The fourth-order valence-corrected chi connectivity index (χ4v) is 2.86. The Labute approximate surface area is 125 Å². The Kier molecular flexibility index (Phi) is 4.40. The minimum atomic E-state index is 0.308. The van der Waals surface area contributed by atoms with Crippen molar-refractivity contribution in [1.82, 2.24) is 20.5 Å². The SMILES string of the molecule is C[C@@H](NC[C@@H]1CCCN1c1cccnn1)c1cccnc1. The van der Waals surface area contributed by atoms with Gasteiger partial charge in [-0.25, -0.2) is 0 Å². The average molecular weight is 283 g/mol. The van der Waals surface area contributed by atoms with Crippen LogP contribution < -0.4 is 10.2 Å². The highest BCUT2D eigenvalue weighted by atomic mass is 15.3. The molecule has 1 aliphatic heterocycles. The van der Waals surface area contributed by atoms with E-state index in [0.29, 0.717) is 12.1 Å². The van der Waals surface area contributed by atoms with E-state index < -0.39 is 0 Å². The molecule has 2 atom stereocenters. The molecule has 2 aromatic rings. The van der Waals surface area contributed by atoms with Crippen LogP contribution in [0.25, 0.3) is 0 Å². The van der Waals surface area contributed by atoms with Crippen molar-refractivity contribution >= 4 is 5.82 Å². The number of hydrogen-bond acceptors (Lipinski definition) is 5. The lowest BCUT2D eigenvalue weighted by atomic mass is 10.1. The van der Waals surface area contributed by atoms with Gasteiger partial charge in [0.05, 0.1) is 0 Å². The van der Waals surface area contributed by atoms with E-state index in [2.05, 4.69) is 38.4 Å². The van der Waals surface area contributed by atoms with Crippen LogP contribution in [0.3, 0.4) is 0 Å². The molecule has 0 aliphatic carbocycles. The van der Waals surface area contributed by atoms with Crippen molar-refractivity contribution in [2.45, 2.75) is 31.8 Å². The maximum Gasteiger partial charge on any atom is 0.151 e. The molecule has 5 nitrogen and oxygen atoms in total. The van der Waals surface area contributed by atoms with Gasteiger partial charge in [0.2, 0.25) is 0 Å². The first-order valence-corrected chi connectivity index (χ1v) is 7.52. The number of pyridine rings is 1. The zero-order valence-corrected chi connectivity index (χ0v) is 12.3. The highest BCUT2D eigenvalue weighted by molar-refractivity contribution is 5.39. The third kappa shape index (κ3) is 3.36. The van der Waals surface area contributed by atoms with Crippen LogP contribution in [0.2, 0.25) is 0 Å². The summed E-state index contributed by atoms with van der Waals surface area (Å²) in [4.78, 5) is 6.54. The van der Waals surface area contributed by atoms with E-state index in [4.69, 9.17) is 0 Å². The van der Waals surface area contributed by atoms with E-state index in [0.717, 1.165) is 18.9 Å². The minimum Gasteiger partial charge on any atom is -0.351 e. The lowest BCUT2D eigenvalue weighted by Gasteiger charge is -2.27. The van der Waals surface area contributed by atoms with Crippen molar-refractivity contribution in [3.05, 3.63) is 48.4 Å². The largest absolute Gasteiger partial charge is 0.351 e. The maximum absolute atomic E-state index is 4.23. The molecule has 3 heterocycles. The average Bonchev–Trinajstić information content (AvgIpc) is 3.03. The monoisotopic (exact) mass is 283 g/mol.